The first-order chi connectivity index (χ1) is 7.63. The zero-order chi connectivity index (χ0) is 11.7. The van der Waals surface area contributed by atoms with Crippen LogP contribution in [0, 0.1) is 12.8 Å². The van der Waals surface area contributed by atoms with E-state index in [0.29, 0.717) is 19.5 Å². The van der Waals surface area contributed by atoms with E-state index in [1.807, 2.05) is 13.0 Å². The van der Waals surface area contributed by atoms with Gasteiger partial charge in [0.2, 0.25) is 5.91 Å². The van der Waals surface area contributed by atoms with Crippen molar-refractivity contribution in [1.82, 2.24) is 4.98 Å². The predicted molar refractivity (Wildman–Crippen MR) is 66.2 cm³/mol. The highest BCUT2D eigenvalue weighted by atomic mass is 79.9. The Morgan fingerprint density at radius 3 is 3.00 bits per heavy atom. The van der Waals surface area contributed by atoms with Crippen LogP contribution in [0.2, 0.25) is 0 Å². The Labute approximate surface area is 103 Å². The molecule has 1 unspecified atom stereocenters. The number of anilines is 1. The Bertz CT molecular complexity index is 401. The molecular weight excluding hydrogens is 270 g/mol. The summed E-state index contributed by atoms with van der Waals surface area (Å²) in [6.45, 7) is 3.23. The summed E-state index contributed by atoms with van der Waals surface area (Å²) in [6, 6.07) is 1.91. The fraction of sp³-hybridized carbons (Fsp3) is 0.455. The molecule has 1 amide bonds. The summed E-state index contributed by atoms with van der Waals surface area (Å²) in [5.41, 5.74) is 7.53. The Kier molecular flexibility index (Phi) is 3.25. The van der Waals surface area contributed by atoms with Crippen LogP contribution in [0.5, 0.6) is 0 Å². The lowest BCUT2D eigenvalue weighted by atomic mass is 10.1. The lowest BCUT2D eigenvalue weighted by Gasteiger charge is -2.19. The summed E-state index contributed by atoms with van der Waals surface area (Å²) in [6.07, 6.45) is 2.27. The minimum Gasteiger partial charge on any atom is -0.330 e. The highest BCUT2D eigenvalue weighted by molar-refractivity contribution is 9.10. The molecule has 1 saturated heterocycles. The smallest absolute Gasteiger partial charge is 0.227 e. The van der Waals surface area contributed by atoms with Crippen LogP contribution in [-0.2, 0) is 4.79 Å². The average Bonchev–Trinajstić information content (AvgIpc) is 2.60. The molecule has 1 aromatic rings. The molecule has 0 radical (unpaired) electrons. The first-order valence-corrected chi connectivity index (χ1v) is 6.04. The lowest BCUT2D eigenvalue weighted by molar-refractivity contribution is -0.117. The molecule has 0 aliphatic carbocycles. The predicted octanol–water partition coefficient (Wildman–Crippen LogP) is 1.46. The van der Waals surface area contributed by atoms with E-state index in [4.69, 9.17) is 5.73 Å². The Morgan fingerprint density at radius 2 is 2.44 bits per heavy atom. The number of aryl methyl sites for hydroxylation is 1. The van der Waals surface area contributed by atoms with Crippen molar-refractivity contribution in [3.63, 3.8) is 0 Å². The molecule has 1 atom stereocenters. The van der Waals surface area contributed by atoms with Crippen molar-refractivity contribution in [1.29, 1.82) is 0 Å². The number of pyridine rings is 1. The van der Waals surface area contributed by atoms with E-state index >= 15 is 0 Å². The molecule has 4 nitrogen and oxygen atoms in total. The number of halogens is 1. The van der Waals surface area contributed by atoms with E-state index in [1.165, 1.54) is 0 Å². The van der Waals surface area contributed by atoms with Gasteiger partial charge < -0.3 is 10.6 Å². The molecule has 2 rings (SSSR count). The Hall–Kier alpha value is -0.940. The molecule has 2 N–H and O–H groups in total. The number of aromatic nitrogens is 1. The second-order valence-corrected chi connectivity index (χ2v) is 4.83. The molecule has 16 heavy (non-hydrogen) atoms. The molecule has 0 aromatic carbocycles. The number of hydrogen-bond acceptors (Lipinski definition) is 3. The van der Waals surface area contributed by atoms with Gasteiger partial charge in [-0.05, 0) is 46.9 Å². The van der Waals surface area contributed by atoms with Crippen molar-refractivity contribution in [3.8, 4) is 0 Å². The van der Waals surface area contributed by atoms with Gasteiger partial charge in [-0.25, -0.2) is 4.98 Å². The van der Waals surface area contributed by atoms with Crippen LogP contribution in [0.25, 0.3) is 0 Å². The van der Waals surface area contributed by atoms with Crippen molar-refractivity contribution in [2.24, 2.45) is 11.7 Å². The molecule has 0 bridgehead atoms. The molecule has 2 heterocycles. The van der Waals surface area contributed by atoms with Gasteiger partial charge in [0, 0.05) is 19.2 Å². The molecule has 1 aliphatic heterocycles. The van der Waals surface area contributed by atoms with Crippen molar-refractivity contribution in [3.05, 3.63) is 22.4 Å². The van der Waals surface area contributed by atoms with Gasteiger partial charge >= 0.3 is 0 Å². The van der Waals surface area contributed by atoms with Crippen LogP contribution >= 0.6 is 15.9 Å². The minimum atomic E-state index is 0.132. The number of nitrogens with two attached hydrogens (primary N) is 1. The van der Waals surface area contributed by atoms with E-state index in [9.17, 15) is 4.79 Å². The minimum absolute atomic E-state index is 0.132. The number of rotatable bonds is 2. The summed E-state index contributed by atoms with van der Waals surface area (Å²) >= 11 is 3.39. The van der Waals surface area contributed by atoms with E-state index in [2.05, 4.69) is 20.9 Å². The van der Waals surface area contributed by atoms with Crippen LogP contribution in [0.3, 0.4) is 0 Å². The van der Waals surface area contributed by atoms with Crippen LogP contribution < -0.4 is 10.6 Å². The zero-order valence-corrected chi connectivity index (χ0v) is 10.7. The molecule has 1 aliphatic rings. The van der Waals surface area contributed by atoms with E-state index in [-0.39, 0.29) is 11.8 Å². The summed E-state index contributed by atoms with van der Waals surface area (Å²) in [4.78, 5) is 17.8. The highest BCUT2D eigenvalue weighted by Gasteiger charge is 2.31. The fourth-order valence-electron chi connectivity index (χ4n) is 2.00. The standard InChI is InChI=1S/C11H14BrN3O/c1-7-2-3-14-11(12)10(7)15-6-8(5-13)4-9(15)16/h2-3,8H,4-6,13H2,1H3. The van der Waals surface area contributed by atoms with Crippen molar-refractivity contribution >= 4 is 27.5 Å². The highest BCUT2D eigenvalue weighted by Crippen LogP contribution is 2.32. The summed E-state index contributed by atoms with van der Waals surface area (Å²) in [7, 11) is 0. The first kappa shape index (κ1) is 11.5. The van der Waals surface area contributed by atoms with Crippen LogP contribution in [0.4, 0.5) is 5.69 Å². The monoisotopic (exact) mass is 283 g/mol. The third-order valence-electron chi connectivity index (χ3n) is 2.89. The maximum Gasteiger partial charge on any atom is 0.227 e. The number of nitrogens with zero attached hydrogens (tertiary/aromatic N) is 2. The molecule has 5 heteroatoms. The molecule has 1 aromatic heterocycles. The molecule has 1 fully saturated rings. The lowest BCUT2D eigenvalue weighted by Crippen LogP contribution is -2.27. The normalized spacial score (nSPS) is 20.6. The number of carbonyl (C=O) groups is 1. The second-order valence-electron chi connectivity index (χ2n) is 4.08. The molecule has 0 spiro atoms. The average molecular weight is 284 g/mol. The van der Waals surface area contributed by atoms with Gasteiger partial charge in [-0.3, -0.25) is 4.79 Å². The maximum atomic E-state index is 11.9. The van der Waals surface area contributed by atoms with E-state index in [0.717, 1.165) is 15.9 Å². The number of hydrogen-bond donors (Lipinski definition) is 1. The van der Waals surface area contributed by atoms with Gasteiger partial charge in [-0.2, -0.15) is 0 Å². The zero-order valence-electron chi connectivity index (χ0n) is 9.11. The second kappa shape index (κ2) is 4.51. The summed E-state index contributed by atoms with van der Waals surface area (Å²) in [5, 5.41) is 0. The third kappa shape index (κ3) is 1.97. The van der Waals surface area contributed by atoms with Gasteiger partial charge in [-0.15, -0.1) is 0 Å². The van der Waals surface area contributed by atoms with Crippen molar-refractivity contribution in [2.45, 2.75) is 13.3 Å². The van der Waals surface area contributed by atoms with Crippen molar-refractivity contribution < 1.29 is 4.79 Å². The Balaban J connectivity index is 2.35. The number of carbonyl (C=O) groups excluding carboxylic acids is 1. The van der Waals surface area contributed by atoms with Crippen LogP contribution in [-0.4, -0.2) is 24.0 Å². The maximum absolute atomic E-state index is 11.9. The largest absolute Gasteiger partial charge is 0.330 e. The third-order valence-corrected chi connectivity index (χ3v) is 3.47. The topological polar surface area (TPSA) is 59.2 Å². The van der Waals surface area contributed by atoms with Gasteiger partial charge in [0.15, 0.2) is 0 Å². The Morgan fingerprint density at radius 1 is 1.69 bits per heavy atom. The van der Waals surface area contributed by atoms with Crippen LogP contribution in [0.1, 0.15) is 12.0 Å². The van der Waals surface area contributed by atoms with E-state index < -0.39 is 0 Å². The van der Waals surface area contributed by atoms with Gasteiger partial charge in [0.25, 0.3) is 0 Å². The van der Waals surface area contributed by atoms with Gasteiger partial charge in [0.1, 0.15) is 4.60 Å². The van der Waals surface area contributed by atoms with Gasteiger partial charge in [0.05, 0.1) is 5.69 Å². The summed E-state index contributed by atoms with van der Waals surface area (Å²) in [5.74, 6) is 0.395. The molecule has 86 valence electrons. The van der Waals surface area contributed by atoms with Crippen molar-refractivity contribution in [2.75, 3.05) is 18.0 Å². The van der Waals surface area contributed by atoms with Crippen LogP contribution in [0.15, 0.2) is 16.9 Å². The van der Waals surface area contributed by atoms with Gasteiger partial charge in [-0.1, -0.05) is 0 Å². The fourth-order valence-corrected chi connectivity index (χ4v) is 2.64. The molecular formula is C11H14BrN3O. The number of amides is 1. The van der Waals surface area contributed by atoms with E-state index in [1.54, 1.807) is 11.1 Å². The molecule has 0 saturated carbocycles. The summed E-state index contributed by atoms with van der Waals surface area (Å²) < 4.78 is 0.721. The SMILES string of the molecule is Cc1ccnc(Br)c1N1CC(CN)CC1=O. The first-order valence-electron chi connectivity index (χ1n) is 5.25. The quantitative estimate of drug-likeness (QED) is 0.836.